The lowest BCUT2D eigenvalue weighted by Crippen LogP contribution is -2.12. The number of nitro groups is 1. The third-order valence-electron chi connectivity index (χ3n) is 2.63. The first kappa shape index (κ1) is 15.1. The number of para-hydroxylation sites is 1. The molecule has 1 amide bonds. The Balaban J connectivity index is 2.34. The number of nitro benzene ring substituents is 1. The third-order valence-corrected chi connectivity index (χ3v) is 3.26. The van der Waals surface area contributed by atoms with Crippen LogP contribution in [0.5, 0.6) is 5.75 Å². The van der Waals surface area contributed by atoms with Crippen molar-refractivity contribution in [3.8, 4) is 5.75 Å². The number of aromatic hydroxyl groups is 1. The number of hydrogen-bond donors (Lipinski definition) is 2. The van der Waals surface area contributed by atoms with Crippen LogP contribution in [0.15, 0.2) is 36.4 Å². The molecular formula is C13H8Cl2N2O4. The number of nitrogens with one attached hydrogen (secondary N) is 1. The Hall–Kier alpha value is -2.31. The molecule has 0 aliphatic carbocycles. The van der Waals surface area contributed by atoms with Crippen molar-refractivity contribution in [2.24, 2.45) is 0 Å². The predicted octanol–water partition coefficient (Wildman–Crippen LogP) is 3.86. The summed E-state index contributed by atoms with van der Waals surface area (Å²) in [5, 5.41) is 23.0. The summed E-state index contributed by atoms with van der Waals surface area (Å²) in [4.78, 5) is 22.0. The second-order valence-corrected chi connectivity index (χ2v) is 4.83. The van der Waals surface area contributed by atoms with E-state index in [-0.39, 0.29) is 10.6 Å². The lowest BCUT2D eigenvalue weighted by Gasteiger charge is -2.08. The van der Waals surface area contributed by atoms with Crippen molar-refractivity contribution in [2.45, 2.75) is 0 Å². The van der Waals surface area contributed by atoms with Gasteiger partial charge in [-0.1, -0.05) is 35.3 Å². The van der Waals surface area contributed by atoms with E-state index in [1.54, 1.807) is 24.3 Å². The molecule has 108 valence electrons. The number of carbonyl (C=O) groups is 1. The van der Waals surface area contributed by atoms with Crippen LogP contribution in [0.2, 0.25) is 10.0 Å². The average molecular weight is 327 g/mol. The van der Waals surface area contributed by atoms with E-state index in [1.807, 2.05) is 0 Å². The number of carbonyl (C=O) groups excluding carboxylic acids is 1. The summed E-state index contributed by atoms with van der Waals surface area (Å²) in [6.45, 7) is 0. The number of rotatable bonds is 3. The second-order valence-electron chi connectivity index (χ2n) is 4.01. The van der Waals surface area contributed by atoms with Crippen LogP contribution in [0.25, 0.3) is 0 Å². The van der Waals surface area contributed by atoms with Gasteiger partial charge in [0.2, 0.25) is 0 Å². The zero-order valence-corrected chi connectivity index (χ0v) is 11.9. The third kappa shape index (κ3) is 3.24. The first-order valence-corrected chi connectivity index (χ1v) is 6.38. The van der Waals surface area contributed by atoms with Crippen LogP contribution in [0.4, 0.5) is 11.4 Å². The van der Waals surface area contributed by atoms with Crippen LogP contribution < -0.4 is 5.32 Å². The van der Waals surface area contributed by atoms with E-state index >= 15 is 0 Å². The Morgan fingerprint density at radius 3 is 2.48 bits per heavy atom. The SMILES string of the molecule is O=C(Nc1ccccc1Cl)c1cc(Cl)c([N+](=O)[O-])cc1O. The van der Waals surface area contributed by atoms with Gasteiger partial charge in [0.05, 0.1) is 27.3 Å². The lowest BCUT2D eigenvalue weighted by atomic mass is 10.1. The molecule has 2 aromatic carbocycles. The van der Waals surface area contributed by atoms with Crippen molar-refractivity contribution in [1.29, 1.82) is 0 Å². The maximum absolute atomic E-state index is 12.1. The predicted molar refractivity (Wildman–Crippen MR) is 79.2 cm³/mol. The summed E-state index contributed by atoms with van der Waals surface area (Å²) in [6, 6.07) is 8.37. The fraction of sp³-hybridized carbons (Fsp3) is 0. The number of nitrogens with zero attached hydrogens (tertiary/aromatic N) is 1. The van der Waals surface area contributed by atoms with Crippen molar-refractivity contribution in [2.75, 3.05) is 5.32 Å². The molecule has 2 N–H and O–H groups in total. The van der Waals surface area contributed by atoms with Crippen LogP contribution in [0, 0.1) is 10.1 Å². The highest BCUT2D eigenvalue weighted by atomic mass is 35.5. The molecule has 0 aliphatic rings. The molecule has 0 unspecified atom stereocenters. The van der Waals surface area contributed by atoms with Crippen molar-refractivity contribution in [3.63, 3.8) is 0 Å². The summed E-state index contributed by atoms with van der Waals surface area (Å²) in [6.07, 6.45) is 0. The van der Waals surface area contributed by atoms with E-state index in [4.69, 9.17) is 23.2 Å². The number of amides is 1. The second kappa shape index (κ2) is 5.99. The van der Waals surface area contributed by atoms with Crippen molar-refractivity contribution < 1.29 is 14.8 Å². The molecule has 2 aromatic rings. The van der Waals surface area contributed by atoms with Crippen LogP contribution in [-0.4, -0.2) is 15.9 Å². The first-order chi connectivity index (χ1) is 9.90. The Labute approximate surface area is 129 Å². The Morgan fingerprint density at radius 2 is 1.86 bits per heavy atom. The fourth-order valence-electron chi connectivity index (χ4n) is 1.62. The minimum absolute atomic E-state index is 0.189. The zero-order chi connectivity index (χ0) is 15.6. The van der Waals surface area contributed by atoms with Crippen molar-refractivity contribution in [1.82, 2.24) is 0 Å². The zero-order valence-electron chi connectivity index (χ0n) is 10.3. The van der Waals surface area contributed by atoms with Crippen molar-refractivity contribution in [3.05, 3.63) is 62.1 Å². The topological polar surface area (TPSA) is 92.5 Å². The van der Waals surface area contributed by atoms with Gasteiger partial charge in [-0.2, -0.15) is 0 Å². The first-order valence-electron chi connectivity index (χ1n) is 5.63. The number of phenols is 1. The maximum Gasteiger partial charge on any atom is 0.291 e. The molecule has 0 radical (unpaired) electrons. The summed E-state index contributed by atoms with van der Waals surface area (Å²) in [5.41, 5.74) is -0.327. The molecule has 6 nitrogen and oxygen atoms in total. The molecule has 0 atom stereocenters. The summed E-state index contributed by atoms with van der Waals surface area (Å²) in [5.74, 6) is -1.23. The molecule has 21 heavy (non-hydrogen) atoms. The maximum atomic E-state index is 12.1. The summed E-state index contributed by atoms with van der Waals surface area (Å²) in [7, 11) is 0. The molecule has 0 fully saturated rings. The van der Waals surface area contributed by atoms with Crippen LogP contribution in [-0.2, 0) is 0 Å². The van der Waals surface area contributed by atoms with E-state index in [0.717, 1.165) is 12.1 Å². The number of halogens is 2. The van der Waals surface area contributed by atoms with E-state index in [1.165, 1.54) is 0 Å². The van der Waals surface area contributed by atoms with E-state index in [0.29, 0.717) is 10.7 Å². The Morgan fingerprint density at radius 1 is 1.19 bits per heavy atom. The van der Waals surface area contributed by atoms with Crippen LogP contribution in [0.1, 0.15) is 10.4 Å². The van der Waals surface area contributed by atoms with Gasteiger partial charge in [0.15, 0.2) is 0 Å². The molecule has 8 heteroatoms. The van der Waals surface area contributed by atoms with Gasteiger partial charge in [-0.05, 0) is 18.2 Å². The normalized spacial score (nSPS) is 10.2. The minimum Gasteiger partial charge on any atom is -0.507 e. The van der Waals surface area contributed by atoms with Gasteiger partial charge in [-0.3, -0.25) is 14.9 Å². The molecule has 2 rings (SSSR count). The van der Waals surface area contributed by atoms with Gasteiger partial charge in [0.1, 0.15) is 10.8 Å². The standard InChI is InChI=1S/C13H8Cl2N2O4/c14-8-3-1-2-4-10(8)16-13(19)7-5-9(15)11(17(20)21)6-12(7)18/h1-6,18H,(H,16,19). The van der Waals surface area contributed by atoms with Crippen LogP contribution in [0.3, 0.4) is 0 Å². The lowest BCUT2D eigenvalue weighted by molar-refractivity contribution is -0.384. The smallest absolute Gasteiger partial charge is 0.291 e. The quantitative estimate of drug-likeness (QED) is 0.661. The number of benzene rings is 2. The van der Waals surface area contributed by atoms with Gasteiger partial charge in [0, 0.05) is 0 Å². The summed E-state index contributed by atoms with van der Waals surface area (Å²) < 4.78 is 0. The molecule has 0 heterocycles. The molecule has 0 aliphatic heterocycles. The van der Waals surface area contributed by atoms with Gasteiger partial charge < -0.3 is 10.4 Å². The highest BCUT2D eigenvalue weighted by Gasteiger charge is 2.20. The monoisotopic (exact) mass is 326 g/mol. The van der Waals surface area contributed by atoms with E-state index in [2.05, 4.69) is 5.32 Å². The Kier molecular flexibility index (Phi) is 4.30. The fourth-order valence-corrected chi connectivity index (χ4v) is 2.04. The highest BCUT2D eigenvalue weighted by Crippen LogP contribution is 2.32. The molecule has 0 bridgehead atoms. The van der Waals surface area contributed by atoms with Gasteiger partial charge >= 0.3 is 0 Å². The van der Waals surface area contributed by atoms with Crippen LogP contribution >= 0.6 is 23.2 Å². The largest absolute Gasteiger partial charge is 0.507 e. The molecular weight excluding hydrogens is 319 g/mol. The van der Waals surface area contributed by atoms with Gasteiger partial charge in [-0.15, -0.1) is 0 Å². The van der Waals surface area contributed by atoms with E-state index in [9.17, 15) is 20.0 Å². The van der Waals surface area contributed by atoms with E-state index < -0.39 is 22.3 Å². The summed E-state index contributed by atoms with van der Waals surface area (Å²) >= 11 is 11.6. The minimum atomic E-state index is -0.752. The number of phenolic OH excluding ortho intramolecular Hbond substituents is 1. The number of hydrogen-bond acceptors (Lipinski definition) is 4. The average Bonchev–Trinajstić information content (AvgIpc) is 2.43. The molecule has 0 spiro atoms. The molecule has 0 saturated carbocycles. The molecule has 0 saturated heterocycles. The van der Waals surface area contributed by atoms with Crippen molar-refractivity contribution >= 4 is 40.5 Å². The molecule has 0 aromatic heterocycles. The van der Waals surface area contributed by atoms with Gasteiger partial charge in [-0.25, -0.2) is 0 Å². The Bertz CT molecular complexity index is 734. The highest BCUT2D eigenvalue weighted by molar-refractivity contribution is 6.34. The van der Waals surface area contributed by atoms with Gasteiger partial charge in [0.25, 0.3) is 11.6 Å². The number of anilines is 1.